The molecule has 1 aromatic carbocycles. The van der Waals surface area contributed by atoms with Crippen molar-refractivity contribution in [2.45, 2.75) is 31.2 Å². The van der Waals surface area contributed by atoms with E-state index in [2.05, 4.69) is 11.1 Å². The highest BCUT2D eigenvalue weighted by Gasteiger charge is 2.28. The zero-order valence-electron chi connectivity index (χ0n) is 9.89. The van der Waals surface area contributed by atoms with Gasteiger partial charge in [-0.05, 0) is 25.0 Å². The summed E-state index contributed by atoms with van der Waals surface area (Å²) in [7, 11) is 0. The van der Waals surface area contributed by atoms with E-state index in [1.165, 1.54) is 0 Å². The molecule has 1 aromatic heterocycles. The van der Waals surface area contributed by atoms with E-state index in [1.54, 1.807) is 17.4 Å². The third-order valence-electron chi connectivity index (χ3n) is 3.54. The van der Waals surface area contributed by atoms with Crippen LogP contribution in [0.4, 0.5) is 5.69 Å². The number of nitrogens with two attached hydrogens (primary N) is 2. The molecule has 0 spiro atoms. The highest BCUT2D eigenvalue weighted by Crippen LogP contribution is 2.38. The Balaban J connectivity index is 2.14. The molecule has 5 heteroatoms. The Morgan fingerprint density at radius 1 is 1.39 bits per heavy atom. The summed E-state index contributed by atoms with van der Waals surface area (Å²) in [6.07, 6.45) is 3.32. The minimum atomic E-state index is 0.202. The van der Waals surface area contributed by atoms with Gasteiger partial charge in [-0.1, -0.05) is 6.42 Å². The third-order valence-corrected chi connectivity index (χ3v) is 4.68. The normalized spacial score (nSPS) is 23.3. The molecule has 0 radical (unpaired) electrons. The maximum Gasteiger partial charge on any atom is 0.102 e. The van der Waals surface area contributed by atoms with Crippen LogP contribution in [0, 0.1) is 11.3 Å². The minimum absolute atomic E-state index is 0.202. The van der Waals surface area contributed by atoms with Crippen molar-refractivity contribution in [2.24, 2.45) is 5.73 Å². The maximum absolute atomic E-state index is 9.12. The topological polar surface area (TPSA) is 88.7 Å². The lowest BCUT2D eigenvalue weighted by Crippen LogP contribution is -2.22. The molecule has 0 bridgehead atoms. The average Bonchev–Trinajstić information content (AvgIpc) is 2.93. The Morgan fingerprint density at radius 3 is 2.89 bits per heavy atom. The summed E-state index contributed by atoms with van der Waals surface area (Å²) in [6.45, 7) is 0. The van der Waals surface area contributed by atoms with Crippen LogP contribution < -0.4 is 11.5 Å². The molecule has 18 heavy (non-hydrogen) atoms. The molecule has 0 amide bonds. The monoisotopic (exact) mass is 258 g/mol. The zero-order valence-corrected chi connectivity index (χ0v) is 10.7. The van der Waals surface area contributed by atoms with E-state index < -0.39 is 0 Å². The summed E-state index contributed by atoms with van der Waals surface area (Å²) >= 11 is 1.62. The first kappa shape index (κ1) is 11.5. The zero-order chi connectivity index (χ0) is 12.7. The van der Waals surface area contributed by atoms with Crippen LogP contribution in [-0.2, 0) is 0 Å². The van der Waals surface area contributed by atoms with Crippen molar-refractivity contribution < 1.29 is 0 Å². The fraction of sp³-hybridized carbons (Fsp3) is 0.385. The molecule has 2 unspecified atom stereocenters. The highest BCUT2D eigenvalue weighted by atomic mass is 32.1. The Labute approximate surface area is 109 Å². The summed E-state index contributed by atoms with van der Waals surface area (Å²) in [5.41, 5.74) is 13.8. The van der Waals surface area contributed by atoms with Gasteiger partial charge in [0.1, 0.15) is 6.07 Å². The molecule has 4 N–H and O–H groups in total. The van der Waals surface area contributed by atoms with Gasteiger partial charge in [-0.25, -0.2) is 4.98 Å². The number of aromatic nitrogens is 1. The molecule has 1 fully saturated rings. The van der Waals surface area contributed by atoms with Crippen LogP contribution in [0.25, 0.3) is 10.2 Å². The van der Waals surface area contributed by atoms with Crippen LogP contribution in [-0.4, -0.2) is 11.0 Å². The van der Waals surface area contributed by atoms with Gasteiger partial charge in [-0.3, -0.25) is 0 Å². The number of rotatable bonds is 1. The van der Waals surface area contributed by atoms with E-state index in [1.807, 2.05) is 6.07 Å². The molecular formula is C13H14N4S. The molecule has 1 aliphatic rings. The van der Waals surface area contributed by atoms with Crippen molar-refractivity contribution in [1.29, 1.82) is 5.26 Å². The molecule has 0 aliphatic heterocycles. The first-order valence-corrected chi connectivity index (χ1v) is 6.86. The molecule has 0 saturated heterocycles. The van der Waals surface area contributed by atoms with Crippen molar-refractivity contribution >= 4 is 27.2 Å². The molecule has 1 heterocycles. The summed E-state index contributed by atoms with van der Waals surface area (Å²) in [4.78, 5) is 4.62. The molecule has 4 nitrogen and oxygen atoms in total. The number of hydrogen-bond donors (Lipinski definition) is 2. The van der Waals surface area contributed by atoms with Crippen LogP contribution >= 0.6 is 11.3 Å². The second-order valence-corrected chi connectivity index (χ2v) is 5.84. The van der Waals surface area contributed by atoms with Crippen LogP contribution in [0.15, 0.2) is 12.1 Å². The predicted molar refractivity (Wildman–Crippen MR) is 73.3 cm³/mol. The standard InChI is InChI=1S/C13H14N4S/c14-6-7-4-8(15)5-11-12(7)17-13(18-11)9-2-1-3-10(9)16/h4-5,9-10H,1-3,15-16H2. The van der Waals surface area contributed by atoms with Gasteiger partial charge < -0.3 is 11.5 Å². The van der Waals surface area contributed by atoms with E-state index in [4.69, 9.17) is 16.7 Å². The minimum Gasteiger partial charge on any atom is -0.399 e. The number of nitrogens with zero attached hydrogens (tertiary/aromatic N) is 2. The van der Waals surface area contributed by atoms with Gasteiger partial charge in [-0.2, -0.15) is 5.26 Å². The van der Waals surface area contributed by atoms with Gasteiger partial charge in [0.2, 0.25) is 0 Å². The van der Waals surface area contributed by atoms with E-state index in [0.29, 0.717) is 17.2 Å². The van der Waals surface area contributed by atoms with Crippen LogP contribution in [0.5, 0.6) is 0 Å². The second-order valence-electron chi connectivity index (χ2n) is 4.78. The highest BCUT2D eigenvalue weighted by molar-refractivity contribution is 7.18. The number of hydrogen-bond acceptors (Lipinski definition) is 5. The molecule has 2 aromatic rings. The lowest BCUT2D eigenvalue weighted by atomic mass is 10.1. The van der Waals surface area contributed by atoms with Gasteiger partial charge in [0.25, 0.3) is 0 Å². The van der Waals surface area contributed by atoms with Crippen molar-refractivity contribution in [3.8, 4) is 6.07 Å². The van der Waals surface area contributed by atoms with Crippen molar-refractivity contribution in [3.05, 3.63) is 22.7 Å². The van der Waals surface area contributed by atoms with Gasteiger partial charge in [-0.15, -0.1) is 11.3 Å². The fourth-order valence-corrected chi connectivity index (χ4v) is 3.86. The quantitative estimate of drug-likeness (QED) is 0.768. The summed E-state index contributed by atoms with van der Waals surface area (Å²) in [5, 5.41) is 10.2. The van der Waals surface area contributed by atoms with E-state index in [0.717, 1.165) is 34.5 Å². The van der Waals surface area contributed by atoms with Crippen molar-refractivity contribution in [2.75, 3.05) is 5.73 Å². The van der Waals surface area contributed by atoms with E-state index >= 15 is 0 Å². The summed E-state index contributed by atoms with van der Waals surface area (Å²) in [6, 6.07) is 5.93. The van der Waals surface area contributed by atoms with Gasteiger partial charge in [0.05, 0.1) is 20.8 Å². The van der Waals surface area contributed by atoms with E-state index in [9.17, 15) is 0 Å². The van der Waals surface area contributed by atoms with Crippen LogP contribution in [0.1, 0.15) is 35.8 Å². The number of nitriles is 1. The number of nitrogen functional groups attached to an aromatic ring is 1. The number of fused-ring (bicyclic) bond motifs is 1. The Hall–Kier alpha value is -1.64. The first-order chi connectivity index (χ1) is 8.69. The van der Waals surface area contributed by atoms with Gasteiger partial charge >= 0.3 is 0 Å². The fourth-order valence-electron chi connectivity index (χ4n) is 2.61. The Bertz CT molecular complexity index is 640. The number of thiazole rings is 1. The lowest BCUT2D eigenvalue weighted by Gasteiger charge is -2.10. The molecule has 1 saturated carbocycles. The SMILES string of the molecule is N#Cc1cc(N)cc2sc(C3CCCC3N)nc12. The van der Waals surface area contributed by atoms with Crippen LogP contribution in [0.2, 0.25) is 0 Å². The number of anilines is 1. The molecule has 2 atom stereocenters. The molecule has 92 valence electrons. The first-order valence-electron chi connectivity index (χ1n) is 6.04. The predicted octanol–water partition coefficient (Wildman–Crippen LogP) is 2.34. The molecule has 1 aliphatic carbocycles. The average molecular weight is 258 g/mol. The smallest absolute Gasteiger partial charge is 0.102 e. The van der Waals surface area contributed by atoms with E-state index in [-0.39, 0.29) is 6.04 Å². The van der Waals surface area contributed by atoms with Gasteiger partial charge in [0.15, 0.2) is 0 Å². The lowest BCUT2D eigenvalue weighted by molar-refractivity contribution is 0.611. The Morgan fingerprint density at radius 2 is 2.22 bits per heavy atom. The summed E-state index contributed by atoms with van der Waals surface area (Å²) < 4.78 is 0.987. The van der Waals surface area contributed by atoms with Gasteiger partial charge in [0, 0.05) is 17.6 Å². The maximum atomic E-state index is 9.12. The Kier molecular flexibility index (Phi) is 2.69. The third kappa shape index (κ3) is 1.74. The number of benzene rings is 1. The van der Waals surface area contributed by atoms with Crippen molar-refractivity contribution in [1.82, 2.24) is 4.98 Å². The second kappa shape index (κ2) is 4.23. The molecular weight excluding hydrogens is 244 g/mol. The largest absolute Gasteiger partial charge is 0.399 e. The molecule has 3 rings (SSSR count). The van der Waals surface area contributed by atoms with Crippen molar-refractivity contribution in [3.63, 3.8) is 0 Å². The summed E-state index contributed by atoms with van der Waals surface area (Å²) in [5.74, 6) is 0.343. The van der Waals surface area contributed by atoms with Crippen LogP contribution in [0.3, 0.4) is 0 Å².